The molecule has 0 amide bonds. The fourth-order valence-electron chi connectivity index (χ4n) is 2.58. The average molecular weight is 349 g/mol. The Hall–Kier alpha value is -1.93. The molecular formula is C17H31N7O. The lowest BCUT2D eigenvalue weighted by Crippen LogP contribution is -2.45. The smallest absolute Gasteiger partial charge is 0.191 e. The van der Waals surface area contributed by atoms with E-state index in [1.165, 1.54) is 0 Å². The minimum Gasteiger partial charge on any atom is -0.379 e. The van der Waals surface area contributed by atoms with Crippen LogP contribution in [0, 0.1) is 0 Å². The number of ether oxygens (including phenoxy) is 1. The molecule has 1 aliphatic rings. The van der Waals surface area contributed by atoms with Crippen LogP contribution in [-0.2, 0) is 17.7 Å². The number of morpholine rings is 1. The number of aryl methyl sites for hydroxylation is 1. The fourth-order valence-corrected chi connectivity index (χ4v) is 2.58. The first-order chi connectivity index (χ1) is 12.2. The molecule has 0 aliphatic carbocycles. The molecule has 0 aromatic carbocycles. The second-order valence-corrected chi connectivity index (χ2v) is 6.22. The second-order valence-electron chi connectivity index (χ2n) is 6.22. The predicted molar refractivity (Wildman–Crippen MR) is 99.8 cm³/mol. The molecule has 1 fully saturated rings. The zero-order chi connectivity index (χ0) is 17.9. The summed E-state index contributed by atoms with van der Waals surface area (Å²) in [5.41, 5.74) is 1.04. The van der Waals surface area contributed by atoms with Crippen LogP contribution in [0.25, 0.3) is 0 Å². The molecule has 0 spiro atoms. The summed E-state index contributed by atoms with van der Waals surface area (Å²) in [6.45, 7) is 15.7. The average Bonchev–Trinajstić information content (AvgIpc) is 3.07. The van der Waals surface area contributed by atoms with Gasteiger partial charge in [-0.15, -0.1) is 10.2 Å². The van der Waals surface area contributed by atoms with E-state index in [-0.39, 0.29) is 0 Å². The first-order valence-corrected chi connectivity index (χ1v) is 9.02. The van der Waals surface area contributed by atoms with E-state index in [0.29, 0.717) is 6.54 Å². The number of nitrogens with zero attached hydrogens (tertiary/aromatic N) is 5. The summed E-state index contributed by atoms with van der Waals surface area (Å²) in [7, 11) is 0. The van der Waals surface area contributed by atoms with Crippen molar-refractivity contribution in [3.05, 3.63) is 24.3 Å². The highest BCUT2D eigenvalue weighted by Crippen LogP contribution is 1.96. The minimum absolute atomic E-state index is 0.625. The Bertz CT molecular complexity index is 549. The van der Waals surface area contributed by atoms with E-state index in [0.717, 1.165) is 76.3 Å². The monoisotopic (exact) mass is 349 g/mol. The maximum Gasteiger partial charge on any atom is 0.191 e. The lowest BCUT2D eigenvalue weighted by molar-refractivity contribution is 0.0389. The molecule has 140 valence electrons. The number of aromatic nitrogens is 3. The highest BCUT2D eigenvalue weighted by molar-refractivity contribution is 5.79. The van der Waals surface area contributed by atoms with Crippen molar-refractivity contribution in [2.45, 2.75) is 26.8 Å². The lowest BCUT2D eigenvalue weighted by atomic mass is 10.4. The summed E-state index contributed by atoms with van der Waals surface area (Å²) >= 11 is 0. The van der Waals surface area contributed by atoms with Crippen LogP contribution >= 0.6 is 0 Å². The van der Waals surface area contributed by atoms with Crippen LogP contribution in [0.1, 0.15) is 19.7 Å². The number of hydrogen-bond donors (Lipinski definition) is 2. The SMILES string of the molecule is C=C(C)CN=C(NCCN1CCOCC1)NCCn1cnnc1CC. The highest BCUT2D eigenvalue weighted by Gasteiger charge is 2.09. The fraction of sp³-hybridized carbons (Fsp3) is 0.706. The summed E-state index contributed by atoms with van der Waals surface area (Å²) in [5, 5.41) is 14.9. The van der Waals surface area contributed by atoms with Gasteiger partial charge in [-0.25, -0.2) is 4.99 Å². The van der Waals surface area contributed by atoms with Crippen LogP contribution in [0.15, 0.2) is 23.5 Å². The zero-order valence-electron chi connectivity index (χ0n) is 15.5. The lowest BCUT2D eigenvalue weighted by Gasteiger charge is -2.26. The van der Waals surface area contributed by atoms with Gasteiger partial charge in [0.25, 0.3) is 0 Å². The van der Waals surface area contributed by atoms with Crippen molar-refractivity contribution in [3.63, 3.8) is 0 Å². The molecule has 0 unspecified atom stereocenters. The van der Waals surface area contributed by atoms with Gasteiger partial charge in [-0.2, -0.15) is 0 Å². The van der Waals surface area contributed by atoms with Gasteiger partial charge in [-0.3, -0.25) is 4.90 Å². The van der Waals surface area contributed by atoms with Crippen molar-refractivity contribution in [2.24, 2.45) is 4.99 Å². The van der Waals surface area contributed by atoms with Gasteiger partial charge in [0.05, 0.1) is 19.8 Å². The van der Waals surface area contributed by atoms with E-state index in [1.54, 1.807) is 6.33 Å². The van der Waals surface area contributed by atoms with E-state index in [9.17, 15) is 0 Å². The summed E-state index contributed by atoms with van der Waals surface area (Å²) < 4.78 is 7.45. The molecule has 25 heavy (non-hydrogen) atoms. The van der Waals surface area contributed by atoms with Gasteiger partial charge in [0.1, 0.15) is 12.2 Å². The first-order valence-electron chi connectivity index (χ1n) is 9.02. The first kappa shape index (κ1) is 19.4. The van der Waals surface area contributed by atoms with Crippen LogP contribution in [0.5, 0.6) is 0 Å². The van der Waals surface area contributed by atoms with Crippen LogP contribution < -0.4 is 10.6 Å². The third-order valence-corrected chi connectivity index (χ3v) is 3.99. The van der Waals surface area contributed by atoms with Crippen LogP contribution in [-0.4, -0.2) is 78.1 Å². The predicted octanol–water partition coefficient (Wildman–Crippen LogP) is 0.284. The maximum absolute atomic E-state index is 5.38. The van der Waals surface area contributed by atoms with Gasteiger partial charge in [0, 0.05) is 45.7 Å². The standard InChI is InChI=1S/C17H31N7O/c1-4-16-22-21-14-24(16)8-6-19-17(20-13-15(2)3)18-5-7-23-9-11-25-12-10-23/h14H,2,4-13H2,1,3H3,(H2,18,19,20). The molecule has 0 radical (unpaired) electrons. The largest absolute Gasteiger partial charge is 0.379 e. The molecule has 1 aromatic heterocycles. The Balaban J connectivity index is 1.76. The van der Waals surface area contributed by atoms with Crippen molar-refractivity contribution in [3.8, 4) is 0 Å². The van der Waals surface area contributed by atoms with Gasteiger partial charge < -0.3 is 19.9 Å². The number of guanidine groups is 1. The minimum atomic E-state index is 0.625. The third-order valence-electron chi connectivity index (χ3n) is 3.99. The van der Waals surface area contributed by atoms with Crippen molar-refractivity contribution >= 4 is 5.96 Å². The van der Waals surface area contributed by atoms with E-state index in [2.05, 4.69) is 48.8 Å². The molecule has 8 nitrogen and oxygen atoms in total. The number of hydrogen-bond acceptors (Lipinski definition) is 5. The van der Waals surface area contributed by atoms with Crippen molar-refractivity contribution < 1.29 is 4.74 Å². The maximum atomic E-state index is 5.38. The van der Waals surface area contributed by atoms with Gasteiger partial charge in [-0.05, 0) is 6.92 Å². The summed E-state index contributed by atoms with van der Waals surface area (Å²) in [5.74, 6) is 1.82. The van der Waals surface area contributed by atoms with Crippen LogP contribution in [0.4, 0.5) is 0 Å². The van der Waals surface area contributed by atoms with Gasteiger partial charge in [0.15, 0.2) is 5.96 Å². The van der Waals surface area contributed by atoms with E-state index in [4.69, 9.17) is 4.74 Å². The zero-order valence-corrected chi connectivity index (χ0v) is 15.5. The number of aliphatic imine (C=N–C) groups is 1. The second kappa shape index (κ2) is 10.8. The molecule has 0 atom stereocenters. The van der Waals surface area contributed by atoms with E-state index < -0.39 is 0 Å². The molecule has 1 aliphatic heterocycles. The molecule has 2 rings (SSSR count). The molecule has 2 heterocycles. The van der Waals surface area contributed by atoms with Gasteiger partial charge in [0.2, 0.25) is 0 Å². The van der Waals surface area contributed by atoms with Crippen molar-refractivity contribution in [2.75, 3.05) is 52.5 Å². The van der Waals surface area contributed by atoms with Gasteiger partial charge >= 0.3 is 0 Å². The molecule has 0 saturated carbocycles. The quantitative estimate of drug-likeness (QED) is 0.379. The molecule has 8 heteroatoms. The summed E-state index contributed by atoms with van der Waals surface area (Å²) in [6.07, 6.45) is 2.66. The Labute approximate surface area is 150 Å². The molecule has 2 N–H and O–H groups in total. The highest BCUT2D eigenvalue weighted by atomic mass is 16.5. The summed E-state index contributed by atoms with van der Waals surface area (Å²) in [6, 6.07) is 0. The normalized spacial score (nSPS) is 16.0. The Morgan fingerprint density at radius 3 is 2.68 bits per heavy atom. The topological polar surface area (TPSA) is 79.6 Å². The molecule has 1 saturated heterocycles. The van der Waals surface area contributed by atoms with E-state index in [1.807, 2.05) is 6.92 Å². The van der Waals surface area contributed by atoms with Crippen LogP contribution in [0.2, 0.25) is 0 Å². The van der Waals surface area contributed by atoms with Crippen molar-refractivity contribution in [1.82, 2.24) is 30.3 Å². The molecule has 1 aromatic rings. The number of rotatable bonds is 9. The Morgan fingerprint density at radius 1 is 1.28 bits per heavy atom. The van der Waals surface area contributed by atoms with Crippen LogP contribution in [0.3, 0.4) is 0 Å². The third kappa shape index (κ3) is 7.23. The molecule has 0 bridgehead atoms. The molecular weight excluding hydrogens is 318 g/mol. The van der Waals surface area contributed by atoms with Crippen molar-refractivity contribution in [1.29, 1.82) is 0 Å². The Morgan fingerprint density at radius 2 is 2.00 bits per heavy atom. The Kier molecular flexibility index (Phi) is 8.41. The summed E-state index contributed by atoms with van der Waals surface area (Å²) in [4.78, 5) is 6.98. The van der Waals surface area contributed by atoms with Gasteiger partial charge in [-0.1, -0.05) is 19.1 Å². The van der Waals surface area contributed by atoms with E-state index >= 15 is 0 Å². The number of nitrogens with one attached hydrogen (secondary N) is 2.